The lowest BCUT2D eigenvalue weighted by Crippen LogP contribution is -2.06. The summed E-state index contributed by atoms with van der Waals surface area (Å²) in [4.78, 5) is 17.2. The van der Waals surface area contributed by atoms with Gasteiger partial charge in [-0.3, -0.25) is 4.79 Å². The van der Waals surface area contributed by atoms with Crippen LogP contribution < -0.4 is 4.74 Å². The third-order valence-corrected chi connectivity index (χ3v) is 5.10. The Hall–Kier alpha value is -2.71. The van der Waals surface area contributed by atoms with Crippen LogP contribution in [0.2, 0.25) is 5.02 Å². The van der Waals surface area contributed by atoms with E-state index in [4.69, 9.17) is 20.9 Å². The van der Waals surface area contributed by atoms with E-state index in [1.165, 1.54) is 0 Å². The van der Waals surface area contributed by atoms with Gasteiger partial charge in [0.1, 0.15) is 5.75 Å². The van der Waals surface area contributed by atoms with Crippen LogP contribution in [-0.4, -0.2) is 15.9 Å². The van der Waals surface area contributed by atoms with Crippen molar-refractivity contribution in [3.63, 3.8) is 0 Å². The molecule has 0 amide bonds. The molecule has 1 heterocycles. The molecule has 0 aliphatic carbocycles. The lowest BCUT2D eigenvalue weighted by atomic mass is 10.0. The molecule has 0 spiro atoms. The number of rotatable bonds is 6. The molecular weight excluding hydrogens is 503 g/mol. The van der Waals surface area contributed by atoms with E-state index >= 15 is 0 Å². The first kappa shape index (κ1) is 19.6. The molecule has 7 heteroatoms. The molecule has 0 unspecified atom stereocenters. The van der Waals surface area contributed by atoms with Crippen LogP contribution in [0.25, 0.3) is 11.4 Å². The Balaban J connectivity index is 1.53. The minimum absolute atomic E-state index is 0.0358. The van der Waals surface area contributed by atoms with Crippen molar-refractivity contribution in [2.24, 2.45) is 0 Å². The van der Waals surface area contributed by atoms with Gasteiger partial charge < -0.3 is 9.26 Å². The van der Waals surface area contributed by atoms with Gasteiger partial charge in [-0.05, 0) is 52.9 Å². The lowest BCUT2D eigenvalue weighted by Gasteiger charge is -2.10. The zero-order valence-corrected chi connectivity index (χ0v) is 17.9. The highest BCUT2D eigenvalue weighted by Crippen LogP contribution is 2.26. The lowest BCUT2D eigenvalue weighted by molar-refractivity contribution is 0.103. The second kappa shape index (κ2) is 8.75. The summed E-state index contributed by atoms with van der Waals surface area (Å²) in [6, 6.07) is 21.7. The largest absolute Gasteiger partial charge is 0.483 e. The molecule has 0 saturated carbocycles. The highest BCUT2D eigenvalue weighted by atomic mass is 127. The fourth-order valence-electron chi connectivity index (χ4n) is 2.72. The second-order valence-electron chi connectivity index (χ2n) is 6.14. The molecule has 5 nitrogen and oxygen atoms in total. The van der Waals surface area contributed by atoms with Crippen LogP contribution in [0, 0.1) is 3.57 Å². The van der Waals surface area contributed by atoms with Crippen LogP contribution in [0.15, 0.2) is 77.3 Å². The first-order valence-corrected chi connectivity index (χ1v) is 10.2. The molecule has 0 N–H and O–H groups in total. The first-order chi connectivity index (χ1) is 14.1. The van der Waals surface area contributed by atoms with Gasteiger partial charge in [0.25, 0.3) is 5.89 Å². The van der Waals surface area contributed by atoms with Crippen molar-refractivity contribution in [2.45, 2.75) is 6.61 Å². The molecule has 0 fully saturated rings. The van der Waals surface area contributed by atoms with Crippen molar-refractivity contribution in [3.8, 4) is 17.1 Å². The minimum atomic E-state index is -0.173. The molecule has 3 aromatic carbocycles. The summed E-state index contributed by atoms with van der Waals surface area (Å²) in [6.45, 7) is 0.0358. The highest BCUT2D eigenvalue weighted by Gasteiger charge is 2.17. The summed E-state index contributed by atoms with van der Waals surface area (Å²) in [6.07, 6.45) is 0. The summed E-state index contributed by atoms with van der Waals surface area (Å²) >= 11 is 8.33. The maximum absolute atomic E-state index is 12.9. The Kier molecular flexibility index (Phi) is 5.92. The van der Waals surface area contributed by atoms with E-state index in [0.29, 0.717) is 33.6 Å². The van der Waals surface area contributed by atoms with Gasteiger partial charge >= 0.3 is 0 Å². The molecule has 144 valence electrons. The molecule has 0 aliphatic heterocycles. The van der Waals surface area contributed by atoms with E-state index in [9.17, 15) is 4.79 Å². The van der Waals surface area contributed by atoms with Crippen molar-refractivity contribution in [3.05, 3.63) is 98.4 Å². The van der Waals surface area contributed by atoms with Gasteiger partial charge in [0.05, 0.1) is 5.56 Å². The smallest absolute Gasteiger partial charge is 0.264 e. The normalized spacial score (nSPS) is 10.7. The predicted molar refractivity (Wildman–Crippen MR) is 118 cm³/mol. The van der Waals surface area contributed by atoms with Crippen LogP contribution in [0.1, 0.15) is 21.8 Å². The average Bonchev–Trinajstić information content (AvgIpc) is 3.22. The summed E-state index contributed by atoms with van der Waals surface area (Å²) in [5, 5.41) is 4.45. The van der Waals surface area contributed by atoms with Crippen LogP contribution in [0.3, 0.4) is 0 Å². The van der Waals surface area contributed by atoms with Crippen molar-refractivity contribution >= 4 is 40.0 Å². The molecule has 0 saturated heterocycles. The molecule has 0 aliphatic rings. The number of hydrogen-bond acceptors (Lipinski definition) is 5. The fraction of sp³-hybridized carbons (Fsp3) is 0.0455. The predicted octanol–water partition coefficient (Wildman–Crippen LogP) is 5.80. The van der Waals surface area contributed by atoms with Gasteiger partial charge in [-0.1, -0.05) is 59.2 Å². The molecule has 4 rings (SSSR count). The number of carbonyl (C=O) groups is 1. The van der Waals surface area contributed by atoms with Gasteiger partial charge in [-0.15, -0.1) is 0 Å². The van der Waals surface area contributed by atoms with Crippen LogP contribution in [0.4, 0.5) is 0 Å². The zero-order valence-electron chi connectivity index (χ0n) is 15.0. The standard InChI is InChI=1S/C22H14ClIN2O3/c23-16-8-11-19(18(12-16)21(27)14-4-2-1-3-5-14)28-13-20-25-22(26-29-20)15-6-9-17(24)10-7-15/h1-12H,13H2. The van der Waals surface area contributed by atoms with Crippen molar-refractivity contribution in [1.29, 1.82) is 0 Å². The van der Waals surface area contributed by atoms with Crippen molar-refractivity contribution in [2.75, 3.05) is 0 Å². The van der Waals surface area contributed by atoms with Gasteiger partial charge in [0.15, 0.2) is 12.4 Å². The Bertz CT molecular complexity index is 1140. The number of nitrogens with zero attached hydrogens (tertiary/aromatic N) is 2. The SMILES string of the molecule is O=C(c1ccccc1)c1cc(Cl)ccc1OCc1nc(-c2ccc(I)cc2)no1. The Morgan fingerprint density at radius 3 is 2.55 bits per heavy atom. The van der Waals surface area contributed by atoms with E-state index in [-0.39, 0.29) is 12.4 Å². The molecule has 0 atom stereocenters. The summed E-state index contributed by atoms with van der Waals surface area (Å²) < 4.78 is 12.2. The van der Waals surface area contributed by atoms with Gasteiger partial charge in [0.2, 0.25) is 5.82 Å². The summed E-state index contributed by atoms with van der Waals surface area (Å²) in [5.41, 5.74) is 1.78. The minimum Gasteiger partial charge on any atom is -0.483 e. The molecule has 1 aromatic heterocycles. The van der Waals surface area contributed by atoms with Crippen LogP contribution in [-0.2, 0) is 6.61 Å². The summed E-state index contributed by atoms with van der Waals surface area (Å²) in [5.74, 6) is 1.02. The maximum atomic E-state index is 12.9. The number of halogens is 2. The van der Waals surface area contributed by atoms with E-state index in [0.717, 1.165) is 9.13 Å². The van der Waals surface area contributed by atoms with Gasteiger partial charge in [0, 0.05) is 19.7 Å². The number of ketones is 1. The number of carbonyl (C=O) groups excluding carboxylic acids is 1. The van der Waals surface area contributed by atoms with Gasteiger partial charge in [-0.2, -0.15) is 4.98 Å². The van der Waals surface area contributed by atoms with Crippen LogP contribution >= 0.6 is 34.2 Å². The topological polar surface area (TPSA) is 65.2 Å². The van der Waals surface area contributed by atoms with Crippen LogP contribution in [0.5, 0.6) is 5.75 Å². The quantitative estimate of drug-likeness (QED) is 0.239. The zero-order chi connectivity index (χ0) is 20.2. The third-order valence-electron chi connectivity index (χ3n) is 4.14. The van der Waals surface area contributed by atoms with E-state index in [1.54, 1.807) is 30.3 Å². The van der Waals surface area contributed by atoms with Gasteiger partial charge in [-0.25, -0.2) is 0 Å². The second-order valence-corrected chi connectivity index (χ2v) is 7.82. The maximum Gasteiger partial charge on any atom is 0.264 e. The third kappa shape index (κ3) is 4.65. The Labute approximate surface area is 185 Å². The van der Waals surface area contributed by atoms with E-state index < -0.39 is 0 Å². The number of hydrogen-bond donors (Lipinski definition) is 0. The number of benzene rings is 3. The summed E-state index contributed by atoms with van der Waals surface area (Å²) in [7, 11) is 0. The molecular formula is C22H14ClIN2O3. The first-order valence-electron chi connectivity index (χ1n) is 8.71. The Morgan fingerprint density at radius 1 is 1.03 bits per heavy atom. The van der Waals surface area contributed by atoms with Crippen molar-refractivity contribution < 1.29 is 14.1 Å². The number of ether oxygens (including phenoxy) is 1. The molecule has 29 heavy (non-hydrogen) atoms. The van der Waals surface area contributed by atoms with E-state index in [1.807, 2.05) is 42.5 Å². The molecule has 0 radical (unpaired) electrons. The fourth-order valence-corrected chi connectivity index (χ4v) is 3.25. The molecule has 4 aromatic rings. The van der Waals surface area contributed by atoms with Crippen molar-refractivity contribution in [1.82, 2.24) is 10.1 Å². The average molecular weight is 517 g/mol. The molecule has 0 bridgehead atoms. The monoisotopic (exact) mass is 516 g/mol. The number of aromatic nitrogens is 2. The Morgan fingerprint density at radius 2 is 1.79 bits per heavy atom. The van der Waals surface area contributed by atoms with E-state index in [2.05, 4.69) is 32.7 Å². The highest BCUT2D eigenvalue weighted by molar-refractivity contribution is 14.1.